The summed E-state index contributed by atoms with van der Waals surface area (Å²) in [5.74, 6) is -1.74. The summed E-state index contributed by atoms with van der Waals surface area (Å²) >= 11 is 3.37. The maximum Gasteiger partial charge on any atom is 0.255 e. The van der Waals surface area contributed by atoms with Gasteiger partial charge in [0.25, 0.3) is 11.8 Å². The normalized spacial score (nSPS) is 21.9. The summed E-state index contributed by atoms with van der Waals surface area (Å²) in [7, 11) is 0. The Bertz CT molecular complexity index is 1500. The molecule has 39 heavy (non-hydrogen) atoms. The predicted molar refractivity (Wildman–Crippen MR) is 137 cm³/mol. The van der Waals surface area contributed by atoms with Crippen molar-refractivity contribution in [3.8, 4) is 6.07 Å². The third-order valence-corrected chi connectivity index (χ3v) is 7.63. The Kier molecular flexibility index (Phi) is 7.01. The van der Waals surface area contributed by atoms with Crippen LogP contribution in [0.15, 0.2) is 40.9 Å². The molecule has 2 N–H and O–H groups in total. The number of carbonyl (C=O) groups excluding carboxylic acids is 6. The van der Waals surface area contributed by atoms with E-state index < -0.39 is 18.0 Å². The van der Waals surface area contributed by atoms with Gasteiger partial charge in [-0.3, -0.25) is 39.4 Å². The van der Waals surface area contributed by atoms with Gasteiger partial charge in [0.15, 0.2) is 0 Å². The maximum atomic E-state index is 12.3. The smallest absolute Gasteiger partial charge is 0.255 e. The highest BCUT2D eigenvalue weighted by molar-refractivity contribution is 9.10. The molecule has 2 fully saturated rings. The first kappa shape index (κ1) is 26.2. The van der Waals surface area contributed by atoms with Crippen molar-refractivity contribution in [3.05, 3.63) is 68.7 Å². The number of amides is 6. The Labute approximate surface area is 231 Å². The molecule has 6 rings (SSSR count). The minimum Gasteiger partial charge on any atom is -0.322 e. The van der Waals surface area contributed by atoms with Gasteiger partial charge in [0.1, 0.15) is 12.1 Å². The molecule has 0 spiro atoms. The van der Waals surface area contributed by atoms with Crippen molar-refractivity contribution in [2.75, 3.05) is 0 Å². The van der Waals surface area contributed by atoms with Gasteiger partial charge in [-0.15, -0.1) is 0 Å². The lowest BCUT2D eigenvalue weighted by Gasteiger charge is -2.29. The third-order valence-electron chi connectivity index (χ3n) is 7.14. The topological polar surface area (TPSA) is 157 Å². The molecule has 0 saturated carbocycles. The molecule has 2 unspecified atom stereocenters. The molecule has 11 nitrogen and oxygen atoms in total. The van der Waals surface area contributed by atoms with Gasteiger partial charge >= 0.3 is 0 Å². The number of halogens is 1. The van der Waals surface area contributed by atoms with E-state index in [2.05, 4.69) is 26.6 Å². The molecule has 4 aliphatic heterocycles. The van der Waals surface area contributed by atoms with Crippen LogP contribution in [0.5, 0.6) is 0 Å². The first-order valence-corrected chi connectivity index (χ1v) is 13.1. The highest BCUT2D eigenvalue weighted by atomic mass is 79.9. The van der Waals surface area contributed by atoms with Crippen molar-refractivity contribution in [2.24, 2.45) is 0 Å². The largest absolute Gasteiger partial charge is 0.322 e. The van der Waals surface area contributed by atoms with E-state index in [0.29, 0.717) is 42.6 Å². The predicted octanol–water partition coefficient (Wildman–Crippen LogP) is 1.53. The van der Waals surface area contributed by atoms with Crippen LogP contribution in [0.2, 0.25) is 0 Å². The molecule has 12 heteroatoms. The standard InChI is InChI=1S/C14H11N3O3.C13H11BrN2O3/c15-6-8-1-2-10-9(5-8)7-17(14(10)20)11-3-4-12(18)16-13(11)19;14-8-1-2-9-7(5-8)6-16(13(9)19)10-3-4-11(17)15-12(10)18/h1-2,5,11H,3-4,7H2,(H,16,18,19);1-2,5,10H,3-4,6H2,(H,15,17,18). The lowest BCUT2D eigenvalue weighted by Crippen LogP contribution is -2.52. The number of piperidine rings is 2. The van der Waals surface area contributed by atoms with E-state index in [-0.39, 0.29) is 42.4 Å². The number of hydrogen-bond donors (Lipinski definition) is 2. The molecule has 4 heterocycles. The molecule has 6 amide bonds. The summed E-state index contributed by atoms with van der Waals surface area (Å²) in [5.41, 5.74) is 3.30. The van der Waals surface area contributed by atoms with E-state index >= 15 is 0 Å². The molecule has 0 aliphatic carbocycles. The minimum absolute atomic E-state index is 0.142. The molecule has 0 radical (unpaired) electrons. The number of fused-ring (bicyclic) bond motifs is 2. The summed E-state index contributed by atoms with van der Waals surface area (Å²) in [5, 5.41) is 13.4. The molecule has 2 aromatic carbocycles. The third kappa shape index (κ3) is 5.05. The maximum absolute atomic E-state index is 12.3. The zero-order valence-corrected chi connectivity index (χ0v) is 22.1. The Morgan fingerprint density at radius 3 is 1.72 bits per heavy atom. The van der Waals surface area contributed by atoms with Crippen molar-refractivity contribution in [1.82, 2.24) is 20.4 Å². The Balaban J connectivity index is 0.000000158. The zero-order chi connectivity index (χ0) is 27.8. The van der Waals surface area contributed by atoms with Gasteiger partial charge < -0.3 is 9.80 Å². The quantitative estimate of drug-likeness (QED) is 0.501. The van der Waals surface area contributed by atoms with E-state index in [4.69, 9.17) is 5.26 Å². The molecular formula is C27H22BrN5O6. The number of nitrogens with one attached hydrogen (secondary N) is 2. The number of carbonyl (C=O) groups is 6. The van der Waals surface area contributed by atoms with Crippen LogP contribution in [0.3, 0.4) is 0 Å². The lowest BCUT2D eigenvalue weighted by molar-refractivity contribution is -0.138. The molecule has 0 bridgehead atoms. The van der Waals surface area contributed by atoms with Crippen LogP contribution >= 0.6 is 15.9 Å². The van der Waals surface area contributed by atoms with Crippen LogP contribution in [0.4, 0.5) is 0 Å². The fraction of sp³-hybridized carbons (Fsp3) is 0.296. The lowest BCUT2D eigenvalue weighted by atomic mass is 10.0. The van der Waals surface area contributed by atoms with Crippen molar-refractivity contribution < 1.29 is 28.8 Å². The van der Waals surface area contributed by atoms with Crippen molar-refractivity contribution in [2.45, 2.75) is 50.9 Å². The van der Waals surface area contributed by atoms with E-state index in [1.807, 2.05) is 18.2 Å². The van der Waals surface area contributed by atoms with Crippen molar-refractivity contribution >= 4 is 51.4 Å². The van der Waals surface area contributed by atoms with Gasteiger partial charge in [-0.05, 0) is 60.4 Å². The summed E-state index contributed by atoms with van der Waals surface area (Å²) in [6.07, 6.45) is 1.25. The van der Waals surface area contributed by atoms with E-state index in [1.165, 1.54) is 4.90 Å². The summed E-state index contributed by atoms with van der Waals surface area (Å²) in [6, 6.07) is 11.2. The minimum atomic E-state index is -0.613. The molecular weight excluding hydrogens is 570 g/mol. The van der Waals surface area contributed by atoms with Gasteiger partial charge in [-0.25, -0.2) is 0 Å². The Morgan fingerprint density at radius 2 is 1.23 bits per heavy atom. The van der Waals surface area contributed by atoms with Gasteiger partial charge in [0.05, 0.1) is 11.6 Å². The van der Waals surface area contributed by atoms with Crippen LogP contribution in [-0.4, -0.2) is 57.3 Å². The van der Waals surface area contributed by atoms with Crippen molar-refractivity contribution in [3.63, 3.8) is 0 Å². The second kappa shape index (κ2) is 10.4. The number of nitrogens with zero attached hydrogens (tertiary/aromatic N) is 3. The Morgan fingerprint density at radius 1 is 0.744 bits per heavy atom. The van der Waals surface area contributed by atoms with Crippen LogP contribution in [-0.2, 0) is 32.3 Å². The van der Waals surface area contributed by atoms with Gasteiger partial charge in [0.2, 0.25) is 23.6 Å². The summed E-state index contributed by atoms with van der Waals surface area (Å²) in [4.78, 5) is 73.5. The Hall–Kier alpha value is -4.37. The van der Waals surface area contributed by atoms with Gasteiger partial charge in [0, 0.05) is 41.5 Å². The monoisotopic (exact) mass is 591 g/mol. The average Bonchev–Trinajstić information content (AvgIpc) is 3.40. The van der Waals surface area contributed by atoms with Crippen LogP contribution in [0.1, 0.15) is 63.1 Å². The second-order valence-electron chi connectivity index (χ2n) is 9.59. The summed E-state index contributed by atoms with van der Waals surface area (Å²) < 4.78 is 0.907. The average molecular weight is 592 g/mol. The number of rotatable bonds is 2. The number of nitriles is 1. The highest BCUT2D eigenvalue weighted by Gasteiger charge is 2.40. The van der Waals surface area contributed by atoms with Crippen LogP contribution in [0.25, 0.3) is 0 Å². The molecule has 2 aromatic rings. The number of hydrogen-bond acceptors (Lipinski definition) is 7. The number of benzene rings is 2. The van der Waals surface area contributed by atoms with Gasteiger partial charge in [-0.2, -0.15) is 5.26 Å². The van der Waals surface area contributed by atoms with Crippen LogP contribution in [0, 0.1) is 11.3 Å². The van der Waals surface area contributed by atoms with E-state index in [9.17, 15) is 28.8 Å². The molecule has 0 aromatic heterocycles. The number of imide groups is 2. The van der Waals surface area contributed by atoms with Crippen LogP contribution < -0.4 is 10.6 Å². The fourth-order valence-corrected chi connectivity index (χ4v) is 5.60. The summed E-state index contributed by atoms with van der Waals surface area (Å²) in [6.45, 7) is 0.718. The fourth-order valence-electron chi connectivity index (χ4n) is 5.19. The van der Waals surface area contributed by atoms with E-state index in [0.717, 1.165) is 15.6 Å². The second-order valence-corrected chi connectivity index (χ2v) is 10.5. The van der Waals surface area contributed by atoms with E-state index in [1.54, 1.807) is 29.2 Å². The first-order chi connectivity index (χ1) is 18.7. The zero-order valence-electron chi connectivity index (χ0n) is 20.5. The highest BCUT2D eigenvalue weighted by Crippen LogP contribution is 2.30. The van der Waals surface area contributed by atoms with Gasteiger partial charge in [-0.1, -0.05) is 15.9 Å². The molecule has 198 valence electrons. The molecule has 2 saturated heterocycles. The molecule has 2 atom stereocenters. The molecule has 4 aliphatic rings. The SMILES string of the molecule is N#Cc1ccc2c(c1)CN(C1CCC(=O)NC1=O)C2=O.O=C1CCC(N2Cc3cc(Br)ccc3C2=O)C(=O)N1. The first-order valence-electron chi connectivity index (χ1n) is 12.3. The van der Waals surface area contributed by atoms with Crippen molar-refractivity contribution in [1.29, 1.82) is 5.26 Å².